The minimum atomic E-state index is -0.220. The van der Waals surface area contributed by atoms with E-state index < -0.39 is 0 Å². The lowest BCUT2D eigenvalue weighted by Gasteiger charge is -2.38. The van der Waals surface area contributed by atoms with Crippen molar-refractivity contribution in [2.75, 3.05) is 0 Å². The lowest BCUT2D eigenvalue weighted by atomic mass is 10.0. The van der Waals surface area contributed by atoms with E-state index >= 15 is 0 Å². The fourth-order valence-corrected chi connectivity index (χ4v) is 3.59. The van der Waals surface area contributed by atoms with Gasteiger partial charge < -0.3 is 9.32 Å². The third-order valence-electron chi connectivity index (χ3n) is 5.05. The van der Waals surface area contributed by atoms with Gasteiger partial charge in [0.05, 0.1) is 12.3 Å². The Labute approximate surface area is 152 Å². The molecular formula is C22H21FN2O. The molecule has 1 aliphatic rings. The van der Waals surface area contributed by atoms with Crippen molar-refractivity contribution in [2.45, 2.75) is 33.0 Å². The first-order valence-corrected chi connectivity index (χ1v) is 8.80. The van der Waals surface area contributed by atoms with Crippen molar-refractivity contribution in [2.24, 2.45) is 4.99 Å². The van der Waals surface area contributed by atoms with Crippen molar-refractivity contribution in [3.63, 3.8) is 0 Å². The van der Waals surface area contributed by atoms with E-state index in [4.69, 9.17) is 4.42 Å². The highest BCUT2D eigenvalue weighted by molar-refractivity contribution is 5.90. The number of aryl methyl sites for hydroxylation is 1. The lowest BCUT2D eigenvalue weighted by molar-refractivity contribution is 0.252. The number of benzene rings is 2. The lowest BCUT2D eigenvalue weighted by Crippen LogP contribution is -2.34. The van der Waals surface area contributed by atoms with Crippen molar-refractivity contribution in [1.82, 2.24) is 4.90 Å². The first-order valence-electron chi connectivity index (χ1n) is 8.80. The molecule has 132 valence electrons. The van der Waals surface area contributed by atoms with Gasteiger partial charge in [-0.2, -0.15) is 0 Å². The summed E-state index contributed by atoms with van der Waals surface area (Å²) in [6, 6.07) is 13.0. The predicted molar refractivity (Wildman–Crippen MR) is 104 cm³/mol. The van der Waals surface area contributed by atoms with Gasteiger partial charge in [-0.15, -0.1) is 0 Å². The summed E-state index contributed by atoms with van der Waals surface area (Å²) in [6.45, 7) is 6.25. The number of hydrogen-bond acceptors (Lipinski definition) is 3. The molecule has 0 saturated heterocycles. The van der Waals surface area contributed by atoms with Crippen LogP contribution in [0.3, 0.4) is 0 Å². The number of nitrogens with zero attached hydrogens (tertiary/aromatic N) is 2. The van der Waals surface area contributed by atoms with Crippen molar-refractivity contribution in [3.05, 3.63) is 77.3 Å². The summed E-state index contributed by atoms with van der Waals surface area (Å²) in [6.07, 6.45) is 5.68. The van der Waals surface area contributed by atoms with Crippen LogP contribution < -0.4 is 0 Å². The molecule has 1 aliphatic heterocycles. The second-order valence-electron chi connectivity index (χ2n) is 6.75. The molecule has 3 nitrogen and oxygen atoms in total. The summed E-state index contributed by atoms with van der Waals surface area (Å²) in [7, 11) is 0. The molecule has 0 amide bonds. The van der Waals surface area contributed by atoms with Crippen LogP contribution in [0.5, 0.6) is 0 Å². The number of rotatable bonds is 3. The first kappa shape index (κ1) is 16.6. The molecule has 26 heavy (non-hydrogen) atoms. The fraction of sp³-hybridized carbons (Fsp3) is 0.227. The van der Waals surface area contributed by atoms with Crippen LogP contribution in [0.25, 0.3) is 16.7 Å². The molecule has 4 rings (SSSR count). The van der Waals surface area contributed by atoms with Gasteiger partial charge in [0.25, 0.3) is 0 Å². The molecule has 0 saturated carbocycles. The van der Waals surface area contributed by atoms with Gasteiger partial charge in [-0.25, -0.2) is 4.39 Å². The van der Waals surface area contributed by atoms with Gasteiger partial charge >= 0.3 is 0 Å². The van der Waals surface area contributed by atoms with Gasteiger partial charge in [-0.1, -0.05) is 12.1 Å². The SMILES string of the molecule is Cc1coc2ccc(C3=CC=NC(C)N3C(C)c3ccc(F)cc3)cc12. The summed E-state index contributed by atoms with van der Waals surface area (Å²) in [4.78, 5) is 6.82. The largest absolute Gasteiger partial charge is 0.464 e. The Balaban J connectivity index is 1.76. The summed E-state index contributed by atoms with van der Waals surface area (Å²) in [5.41, 5.74) is 5.29. The van der Waals surface area contributed by atoms with Gasteiger partial charge in [-0.3, -0.25) is 4.99 Å². The first-order chi connectivity index (χ1) is 12.5. The summed E-state index contributed by atoms with van der Waals surface area (Å²) >= 11 is 0. The van der Waals surface area contributed by atoms with Gasteiger partial charge in [0.1, 0.15) is 17.6 Å². The monoisotopic (exact) mass is 348 g/mol. The Morgan fingerprint density at radius 1 is 1.15 bits per heavy atom. The molecule has 1 aromatic heterocycles. The quantitative estimate of drug-likeness (QED) is 0.606. The number of hydrogen-bond donors (Lipinski definition) is 0. The highest BCUT2D eigenvalue weighted by Crippen LogP contribution is 2.35. The molecule has 0 aliphatic carbocycles. The number of allylic oxidation sites excluding steroid dienone is 1. The Morgan fingerprint density at radius 2 is 1.92 bits per heavy atom. The average Bonchev–Trinajstić information content (AvgIpc) is 3.02. The van der Waals surface area contributed by atoms with Gasteiger partial charge in [0.2, 0.25) is 0 Å². The molecule has 2 unspecified atom stereocenters. The van der Waals surface area contributed by atoms with Crippen molar-refractivity contribution in [1.29, 1.82) is 0 Å². The molecule has 2 heterocycles. The summed E-state index contributed by atoms with van der Waals surface area (Å²) in [5, 5.41) is 1.12. The summed E-state index contributed by atoms with van der Waals surface area (Å²) in [5.74, 6) is -0.220. The molecule has 3 aromatic rings. The van der Waals surface area contributed by atoms with Crippen LogP contribution >= 0.6 is 0 Å². The van der Waals surface area contributed by atoms with Crippen LogP contribution in [0.15, 0.2) is 64.2 Å². The second kappa shape index (κ2) is 6.45. The third kappa shape index (κ3) is 2.81. The minimum absolute atomic E-state index is 0.00352. The maximum absolute atomic E-state index is 13.3. The number of fused-ring (bicyclic) bond motifs is 1. The molecule has 2 aromatic carbocycles. The van der Waals surface area contributed by atoms with Crippen molar-refractivity contribution >= 4 is 22.9 Å². The van der Waals surface area contributed by atoms with E-state index in [1.807, 2.05) is 37.4 Å². The number of furan rings is 1. The average molecular weight is 348 g/mol. The third-order valence-corrected chi connectivity index (χ3v) is 5.05. The maximum atomic E-state index is 13.3. The number of aliphatic imine (C=N–C) groups is 1. The molecule has 0 bridgehead atoms. The Kier molecular flexibility index (Phi) is 4.11. The standard InChI is InChI=1S/C22H21FN2O/c1-14-13-26-22-9-6-18(12-20(14)22)21-10-11-24-16(3)25(21)15(2)17-4-7-19(23)8-5-17/h4-13,15-16H,1-3H3. The highest BCUT2D eigenvalue weighted by atomic mass is 19.1. The van der Waals surface area contributed by atoms with E-state index in [0.29, 0.717) is 0 Å². The molecule has 0 radical (unpaired) electrons. The van der Waals surface area contributed by atoms with Crippen LogP contribution in [0.2, 0.25) is 0 Å². The zero-order valence-corrected chi connectivity index (χ0v) is 15.1. The zero-order chi connectivity index (χ0) is 18.3. The van der Waals surface area contributed by atoms with E-state index in [1.54, 1.807) is 6.26 Å². The maximum Gasteiger partial charge on any atom is 0.134 e. The zero-order valence-electron chi connectivity index (χ0n) is 15.1. The van der Waals surface area contributed by atoms with Gasteiger partial charge in [0, 0.05) is 17.3 Å². The van der Waals surface area contributed by atoms with Crippen LogP contribution in [0.4, 0.5) is 4.39 Å². The minimum Gasteiger partial charge on any atom is -0.464 e. The normalized spacial score (nSPS) is 18.2. The van der Waals surface area contributed by atoms with Crippen LogP contribution in [-0.2, 0) is 0 Å². The van der Waals surface area contributed by atoms with E-state index in [2.05, 4.69) is 35.9 Å². The van der Waals surface area contributed by atoms with E-state index in [9.17, 15) is 4.39 Å². The Morgan fingerprint density at radius 3 is 2.69 bits per heavy atom. The summed E-state index contributed by atoms with van der Waals surface area (Å²) < 4.78 is 18.9. The van der Waals surface area contributed by atoms with E-state index in [0.717, 1.165) is 33.4 Å². The molecular weight excluding hydrogens is 327 g/mol. The van der Waals surface area contributed by atoms with E-state index in [1.165, 1.54) is 12.1 Å². The topological polar surface area (TPSA) is 28.7 Å². The number of halogens is 1. The molecule has 0 fully saturated rings. The fourth-order valence-electron chi connectivity index (χ4n) is 3.59. The van der Waals surface area contributed by atoms with Crippen LogP contribution in [-0.4, -0.2) is 17.3 Å². The Bertz CT molecular complexity index is 1000. The highest BCUT2D eigenvalue weighted by Gasteiger charge is 2.26. The predicted octanol–water partition coefficient (Wildman–Crippen LogP) is 5.71. The Hall–Kier alpha value is -2.88. The van der Waals surface area contributed by atoms with Gasteiger partial charge in [-0.05, 0) is 73.9 Å². The molecule has 4 heteroatoms. The smallest absolute Gasteiger partial charge is 0.134 e. The van der Waals surface area contributed by atoms with Crippen LogP contribution in [0.1, 0.15) is 36.6 Å². The van der Waals surface area contributed by atoms with Gasteiger partial charge in [0.15, 0.2) is 0 Å². The molecule has 0 N–H and O–H groups in total. The van der Waals surface area contributed by atoms with Crippen LogP contribution in [0, 0.1) is 12.7 Å². The van der Waals surface area contributed by atoms with Crippen molar-refractivity contribution < 1.29 is 8.81 Å². The second-order valence-corrected chi connectivity index (χ2v) is 6.75. The van der Waals surface area contributed by atoms with E-state index in [-0.39, 0.29) is 18.0 Å². The van der Waals surface area contributed by atoms with Crippen molar-refractivity contribution in [3.8, 4) is 0 Å². The molecule has 2 atom stereocenters. The molecule has 0 spiro atoms.